The Labute approximate surface area is 113 Å². The predicted molar refractivity (Wildman–Crippen MR) is 72.0 cm³/mol. The van der Waals surface area contributed by atoms with Gasteiger partial charge in [-0.25, -0.2) is 0 Å². The van der Waals surface area contributed by atoms with Gasteiger partial charge in [-0.2, -0.15) is 0 Å². The molecule has 3 nitrogen and oxygen atoms in total. The van der Waals surface area contributed by atoms with E-state index in [9.17, 15) is 8.23 Å². The molecule has 0 aliphatic carbocycles. The summed E-state index contributed by atoms with van der Waals surface area (Å²) in [6.45, 7) is -0.0196. The van der Waals surface area contributed by atoms with Gasteiger partial charge in [-0.05, 0) is 0 Å². The molecule has 0 amide bonds. The normalized spacial score (nSPS) is 17.2. The van der Waals surface area contributed by atoms with E-state index in [2.05, 4.69) is 0 Å². The molecule has 1 aliphatic heterocycles. The van der Waals surface area contributed by atoms with Crippen molar-refractivity contribution in [1.82, 2.24) is 0 Å². The van der Waals surface area contributed by atoms with Crippen LogP contribution < -0.4 is 9.13 Å². The zero-order chi connectivity index (χ0) is 13.4. The minimum absolute atomic E-state index is 0.0196. The third kappa shape index (κ3) is 2.16. The quantitative estimate of drug-likeness (QED) is 0.840. The molecule has 19 heavy (non-hydrogen) atoms. The van der Waals surface area contributed by atoms with Gasteiger partial charge in [-0.3, -0.25) is 0 Å². The molecule has 1 N–H and O–H groups in total. The van der Waals surface area contributed by atoms with Gasteiger partial charge in [-0.1, -0.05) is 0 Å². The van der Waals surface area contributed by atoms with E-state index in [-0.39, 0.29) is 12.4 Å². The minimum atomic E-state index is -2.69. The molecule has 3 rings (SSSR count). The molecular weight excluding hydrogens is 312 g/mol. The van der Waals surface area contributed by atoms with Gasteiger partial charge in [0.25, 0.3) is 0 Å². The van der Waals surface area contributed by atoms with Gasteiger partial charge in [-0.15, -0.1) is 0 Å². The Kier molecular flexibility index (Phi) is 3.11. The predicted octanol–water partition coefficient (Wildman–Crippen LogP) is 1.06. The fraction of sp³-hybridized carbons (Fsp3) is 0.0714. The van der Waals surface area contributed by atoms with E-state index in [1.54, 1.807) is 28.3 Å². The number of hydrogen-bond acceptors (Lipinski definition) is 2. The van der Waals surface area contributed by atoms with Crippen LogP contribution in [0, 0.1) is 9.88 Å². The van der Waals surface area contributed by atoms with Crippen LogP contribution >= 0.6 is 0 Å². The number of aliphatic hydroxyl groups excluding tert-OH is 1. The molecule has 0 radical (unpaired) electrons. The number of halogens is 1. The average Bonchev–Trinajstić information content (AvgIpc) is 2.76. The summed E-state index contributed by atoms with van der Waals surface area (Å²) in [5.41, 5.74) is 1.60. The molecule has 5 heteroatoms. The van der Waals surface area contributed by atoms with Gasteiger partial charge in [0.2, 0.25) is 0 Å². The molecule has 0 saturated heterocycles. The molecule has 0 bridgehead atoms. The number of aliphatic hydroxyl groups is 1. The molecule has 0 spiro atoms. The van der Waals surface area contributed by atoms with Crippen LogP contribution in [0.15, 0.2) is 42.5 Å². The van der Waals surface area contributed by atoms with Crippen LogP contribution in [-0.4, -0.2) is 18.7 Å². The van der Waals surface area contributed by atoms with Gasteiger partial charge in [0.1, 0.15) is 0 Å². The summed E-state index contributed by atoms with van der Waals surface area (Å²) >= 11 is -2.69. The maximum absolute atomic E-state index is 13.2. The summed E-state index contributed by atoms with van der Waals surface area (Å²) < 4.78 is 27.9. The molecule has 2 aromatic carbocycles. The van der Waals surface area contributed by atoms with E-state index in [1.807, 2.05) is 12.1 Å². The first-order valence-electron chi connectivity index (χ1n) is 5.79. The van der Waals surface area contributed by atoms with Crippen LogP contribution in [0.3, 0.4) is 0 Å². The van der Waals surface area contributed by atoms with Crippen molar-refractivity contribution in [2.45, 2.75) is 6.61 Å². The Bertz CT molecular complexity index is 795. The summed E-state index contributed by atoms with van der Waals surface area (Å²) in [5.74, 6) is -0.361. The van der Waals surface area contributed by atoms with Crippen molar-refractivity contribution < 1.29 is 13.3 Å². The Morgan fingerprint density at radius 1 is 1.16 bits per heavy atom. The molecule has 1 unspecified atom stereocenters. The standard InChI is InChI=1S/C14H12FNO2Se/c15-12-4-3-11-8-16(19(18)14(11)7-12)13-5-1-10(9-17)2-6-13/h1-8,17,19H,9H2. The maximum atomic E-state index is 13.2. The molecule has 0 saturated carbocycles. The summed E-state index contributed by atoms with van der Waals surface area (Å²) in [4.78, 5) is 0. The first-order valence-corrected chi connectivity index (χ1v) is 8.34. The van der Waals surface area contributed by atoms with Crippen molar-refractivity contribution in [3.05, 3.63) is 63.1 Å². The zero-order valence-electron chi connectivity index (χ0n) is 9.95. The van der Waals surface area contributed by atoms with Crippen molar-refractivity contribution >= 4 is 25.5 Å². The van der Waals surface area contributed by atoms with Gasteiger partial charge in [0.05, 0.1) is 0 Å². The summed E-state index contributed by atoms with van der Waals surface area (Å²) in [6.07, 6.45) is 1.79. The molecular formula is C14H12FNO2Se. The van der Waals surface area contributed by atoms with Crippen LogP contribution in [0.1, 0.15) is 5.56 Å². The van der Waals surface area contributed by atoms with Crippen molar-refractivity contribution in [3.63, 3.8) is 0 Å². The van der Waals surface area contributed by atoms with Crippen LogP contribution in [0.25, 0.3) is 6.20 Å². The second-order valence-electron chi connectivity index (χ2n) is 4.27. The van der Waals surface area contributed by atoms with Gasteiger partial charge in [0.15, 0.2) is 0 Å². The van der Waals surface area contributed by atoms with Crippen molar-refractivity contribution in [2.24, 2.45) is 0 Å². The third-order valence-electron chi connectivity index (χ3n) is 3.04. The number of benzene rings is 2. The first kappa shape index (κ1) is 12.4. The number of nitrogens with zero attached hydrogens (tertiary/aromatic N) is 1. The fourth-order valence-electron chi connectivity index (χ4n) is 2.03. The SMILES string of the molecule is O=[SeH]1=c2cc(F)ccc2=CN1c1ccc(CO)cc1. The van der Waals surface area contributed by atoms with E-state index in [0.717, 1.165) is 16.5 Å². The molecule has 0 fully saturated rings. The van der Waals surface area contributed by atoms with Crippen LogP contribution in [-0.2, 0) is 10.4 Å². The Morgan fingerprint density at radius 3 is 2.58 bits per heavy atom. The topological polar surface area (TPSA) is 40.5 Å². The van der Waals surface area contributed by atoms with Gasteiger partial charge < -0.3 is 0 Å². The van der Waals surface area contributed by atoms with Gasteiger partial charge >= 0.3 is 112 Å². The molecule has 0 aromatic heterocycles. The molecule has 2 aromatic rings. The van der Waals surface area contributed by atoms with E-state index < -0.39 is 13.6 Å². The van der Waals surface area contributed by atoms with Crippen LogP contribution in [0.5, 0.6) is 0 Å². The number of fused-ring (bicyclic) bond motifs is 1. The molecule has 1 heterocycles. The van der Waals surface area contributed by atoms with Crippen molar-refractivity contribution in [2.75, 3.05) is 3.92 Å². The van der Waals surface area contributed by atoms with Gasteiger partial charge in [0, 0.05) is 0 Å². The summed E-state index contributed by atoms with van der Waals surface area (Å²) in [5, 5.41) is 9.81. The second kappa shape index (κ2) is 4.78. The van der Waals surface area contributed by atoms with Crippen molar-refractivity contribution in [1.29, 1.82) is 0 Å². The zero-order valence-corrected chi connectivity index (χ0v) is 11.8. The van der Waals surface area contributed by atoms with Crippen LogP contribution in [0.2, 0.25) is 0 Å². The second-order valence-corrected chi connectivity index (χ2v) is 7.33. The van der Waals surface area contributed by atoms with E-state index in [0.29, 0.717) is 4.06 Å². The number of hydrogen-bond donors (Lipinski definition) is 1. The average molecular weight is 324 g/mol. The van der Waals surface area contributed by atoms with E-state index in [1.165, 1.54) is 12.1 Å². The summed E-state index contributed by atoms with van der Waals surface area (Å²) in [7, 11) is 0. The first-order chi connectivity index (χ1) is 9.19. The number of anilines is 1. The Morgan fingerprint density at radius 2 is 1.89 bits per heavy atom. The molecule has 98 valence electrons. The fourth-order valence-corrected chi connectivity index (χ4v) is 4.94. The van der Waals surface area contributed by atoms with Crippen molar-refractivity contribution in [3.8, 4) is 0 Å². The van der Waals surface area contributed by atoms with E-state index in [4.69, 9.17) is 5.11 Å². The number of rotatable bonds is 2. The Hall–Kier alpha value is -1.68. The summed E-state index contributed by atoms with van der Waals surface area (Å²) in [6, 6.07) is 11.6. The monoisotopic (exact) mass is 325 g/mol. The molecule has 1 aliphatic rings. The molecule has 1 atom stereocenters. The van der Waals surface area contributed by atoms with Crippen LogP contribution in [0.4, 0.5) is 10.1 Å². The third-order valence-corrected chi connectivity index (χ3v) is 6.26. The Balaban J connectivity index is 2.11. The van der Waals surface area contributed by atoms with E-state index >= 15 is 0 Å².